The normalized spacial score (nSPS) is 10.4. The van der Waals surface area contributed by atoms with Crippen molar-refractivity contribution >= 4 is 11.6 Å². The number of hydrogen-bond acceptors (Lipinski definition) is 6. The fourth-order valence-corrected chi connectivity index (χ4v) is 3.72. The number of nitriles is 1. The van der Waals surface area contributed by atoms with E-state index in [1.54, 1.807) is 44.2 Å². The molecule has 35 heavy (non-hydrogen) atoms. The van der Waals surface area contributed by atoms with Crippen LogP contribution in [0.25, 0.3) is 4.85 Å². The van der Waals surface area contributed by atoms with Crippen LogP contribution in [0.1, 0.15) is 27.0 Å². The van der Waals surface area contributed by atoms with E-state index in [1.807, 2.05) is 6.07 Å². The Kier molecular flexibility index (Phi) is 7.37. The Morgan fingerprint density at radius 1 is 1.00 bits per heavy atom. The Balaban J connectivity index is 1.93. The van der Waals surface area contributed by atoms with Crippen molar-refractivity contribution in [2.24, 2.45) is 0 Å². The average molecular weight is 473 g/mol. The van der Waals surface area contributed by atoms with Gasteiger partial charge in [-0.2, -0.15) is 5.26 Å². The van der Waals surface area contributed by atoms with Crippen LogP contribution in [-0.4, -0.2) is 43.2 Å². The van der Waals surface area contributed by atoms with Crippen LogP contribution < -0.4 is 11.1 Å². The molecular weight excluding hydrogens is 450 g/mol. The molecule has 0 unspecified atom stereocenters. The van der Waals surface area contributed by atoms with Gasteiger partial charge in [0.05, 0.1) is 6.57 Å². The van der Waals surface area contributed by atoms with Gasteiger partial charge in [0, 0.05) is 37.8 Å². The molecule has 0 spiro atoms. The van der Waals surface area contributed by atoms with Gasteiger partial charge in [0.25, 0.3) is 17.0 Å². The highest BCUT2D eigenvalue weighted by Gasteiger charge is 2.20. The van der Waals surface area contributed by atoms with Crippen molar-refractivity contribution in [2.75, 3.05) is 13.1 Å². The predicted molar refractivity (Wildman–Crippen MR) is 128 cm³/mol. The highest BCUT2D eigenvalue weighted by atomic mass is 16.3. The summed E-state index contributed by atoms with van der Waals surface area (Å²) in [6, 6.07) is 12.7. The fraction of sp³-hybridized carbons (Fsp3) is 0.240. The van der Waals surface area contributed by atoms with E-state index in [0.29, 0.717) is 16.7 Å². The monoisotopic (exact) mass is 473 g/mol. The maximum atomic E-state index is 13.2. The molecule has 0 atom stereocenters. The number of carbonyl (C=O) groups is 1. The topological polar surface area (TPSA) is 133 Å². The van der Waals surface area contributed by atoms with E-state index in [-0.39, 0.29) is 37.4 Å². The van der Waals surface area contributed by atoms with E-state index in [4.69, 9.17) is 6.57 Å². The summed E-state index contributed by atoms with van der Waals surface area (Å²) in [4.78, 5) is 42.7. The maximum absolute atomic E-state index is 13.2. The lowest BCUT2D eigenvalue weighted by Crippen LogP contribution is -2.39. The first-order valence-electron chi connectivity index (χ1n) is 10.7. The van der Waals surface area contributed by atoms with E-state index in [1.165, 1.54) is 17.0 Å². The molecule has 178 valence electrons. The first kappa shape index (κ1) is 24.8. The minimum Gasteiger partial charge on any atom is -0.503 e. The molecule has 1 aromatic carbocycles. The van der Waals surface area contributed by atoms with E-state index in [9.17, 15) is 29.9 Å². The van der Waals surface area contributed by atoms with Gasteiger partial charge in [-0.1, -0.05) is 18.2 Å². The Labute approximate surface area is 201 Å². The molecule has 0 aliphatic heterocycles. The van der Waals surface area contributed by atoms with E-state index >= 15 is 0 Å². The highest BCUT2D eigenvalue weighted by Crippen LogP contribution is 2.28. The number of amides is 1. The zero-order valence-electron chi connectivity index (χ0n) is 19.2. The van der Waals surface area contributed by atoms with Gasteiger partial charge in [0.2, 0.25) is 11.6 Å². The molecule has 0 saturated carbocycles. The quantitative estimate of drug-likeness (QED) is 0.506. The minimum atomic E-state index is -0.528. The summed E-state index contributed by atoms with van der Waals surface area (Å²) in [5.41, 5.74) is -0.0791. The van der Waals surface area contributed by atoms with Crippen LogP contribution in [-0.2, 0) is 13.1 Å². The molecule has 0 aliphatic rings. The Morgan fingerprint density at radius 3 is 2.09 bits per heavy atom. The summed E-state index contributed by atoms with van der Waals surface area (Å²) in [6.45, 7) is 10.0. The van der Waals surface area contributed by atoms with Gasteiger partial charge in [0.1, 0.15) is 11.6 Å². The van der Waals surface area contributed by atoms with Gasteiger partial charge < -0.3 is 15.1 Å². The van der Waals surface area contributed by atoms with E-state index in [0.717, 1.165) is 9.13 Å². The largest absolute Gasteiger partial charge is 0.503 e. The van der Waals surface area contributed by atoms with Gasteiger partial charge in [-0.15, -0.1) is 0 Å². The summed E-state index contributed by atoms with van der Waals surface area (Å²) >= 11 is 0. The van der Waals surface area contributed by atoms with Crippen LogP contribution in [0.2, 0.25) is 0 Å². The van der Waals surface area contributed by atoms with Gasteiger partial charge >= 0.3 is 0 Å². The number of aromatic hydroxyl groups is 2. The van der Waals surface area contributed by atoms with Crippen LogP contribution in [0.5, 0.6) is 11.8 Å². The standard InChI is InChI=1S/C25H23N5O5/c1-16-13-20(31)29(24(34)19(16)15-26)11-9-28(23(33)18-7-5-4-6-8-18)10-12-30-21(32)14-17(2)22(27-3)25(30)35/h4-8,13-14,34-35H,9-12H2,1-2H3. The molecule has 10 nitrogen and oxygen atoms in total. The third kappa shape index (κ3) is 5.07. The number of aryl methyl sites for hydroxylation is 2. The van der Waals surface area contributed by atoms with Crippen molar-refractivity contribution in [2.45, 2.75) is 26.9 Å². The van der Waals surface area contributed by atoms with Crippen molar-refractivity contribution in [1.82, 2.24) is 14.0 Å². The van der Waals surface area contributed by atoms with Gasteiger partial charge in [-0.25, -0.2) is 4.85 Å². The molecule has 0 aliphatic carbocycles. The third-order valence-corrected chi connectivity index (χ3v) is 5.65. The SMILES string of the molecule is [C-]#[N+]c1c(C)cc(=O)n(CCN(CCn2c(O)c(C#N)c(C)cc2=O)C(=O)c2ccccc2)c1O. The lowest BCUT2D eigenvalue weighted by Gasteiger charge is -2.24. The molecule has 2 N–H and O–H groups in total. The average Bonchev–Trinajstić information content (AvgIpc) is 2.82. The van der Waals surface area contributed by atoms with Crippen LogP contribution >= 0.6 is 0 Å². The second-order valence-corrected chi connectivity index (χ2v) is 7.89. The van der Waals surface area contributed by atoms with E-state index < -0.39 is 28.8 Å². The lowest BCUT2D eigenvalue weighted by molar-refractivity contribution is 0.0740. The minimum absolute atomic E-state index is 0.0336. The predicted octanol–water partition coefficient (Wildman–Crippen LogP) is 2.30. The Morgan fingerprint density at radius 2 is 1.54 bits per heavy atom. The first-order valence-corrected chi connectivity index (χ1v) is 10.7. The molecule has 10 heteroatoms. The second kappa shape index (κ2) is 10.4. The maximum Gasteiger partial charge on any atom is 0.253 e. The van der Waals surface area contributed by atoms with Crippen molar-refractivity contribution in [3.63, 3.8) is 0 Å². The summed E-state index contributed by atoms with van der Waals surface area (Å²) in [5.74, 6) is -1.36. The molecular formula is C25H23N5O5. The van der Waals surface area contributed by atoms with Crippen LogP contribution in [0, 0.1) is 31.8 Å². The summed E-state index contributed by atoms with van der Waals surface area (Å²) in [5, 5.41) is 30.1. The van der Waals surface area contributed by atoms with Gasteiger partial charge in [-0.05, 0) is 43.2 Å². The van der Waals surface area contributed by atoms with Crippen molar-refractivity contribution < 1.29 is 15.0 Å². The Bertz CT molecular complexity index is 1390. The lowest BCUT2D eigenvalue weighted by atomic mass is 10.1. The van der Waals surface area contributed by atoms with Crippen molar-refractivity contribution in [3.05, 3.63) is 96.8 Å². The molecule has 0 radical (unpaired) electrons. The second-order valence-electron chi connectivity index (χ2n) is 7.89. The molecule has 0 bridgehead atoms. The smallest absolute Gasteiger partial charge is 0.253 e. The summed E-state index contributed by atoms with van der Waals surface area (Å²) in [7, 11) is 0. The summed E-state index contributed by atoms with van der Waals surface area (Å²) < 4.78 is 2.01. The highest BCUT2D eigenvalue weighted by molar-refractivity contribution is 5.94. The number of nitrogens with zero attached hydrogens (tertiary/aromatic N) is 5. The number of pyridine rings is 2. The third-order valence-electron chi connectivity index (χ3n) is 5.65. The number of aromatic nitrogens is 2. The number of benzene rings is 1. The number of hydrogen-bond donors (Lipinski definition) is 2. The Hall–Kier alpha value is -4.83. The van der Waals surface area contributed by atoms with Crippen molar-refractivity contribution in [1.29, 1.82) is 5.26 Å². The molecule has 3 rings (SSSR count). The van der Waals surface area contributed by atoms with Crippen LogP contribution in [0.4, 0.5) is 5.69 Å². The molecule has 1 amide bonds. The molecule has 0 saturated heterocycles. The fourth-order valence-electron chi connectivity index (χ4n) is 3.72. The molecule has 3 aromatic rings. The van der Waals surface area contributed by atoms with Crippen LogP contribution in [0.3, 0.4) is 0 Å². The number of rotatable bonds is 7. The zero-order chi connectivity index (χ0) is 25.7. The van der Waals surface area contributed by atoms with Gasteiger partial charge in [-0.3, -0.25) is 23.5 Å². The zero-order valence-corrected chi connectivity index (χ0v) is 19.2. The van der Waals surface area contributed by atoms with Crippen molar-refractivity contribution in [3.8, 4) is 17.8 Å². The summed E-state index contributed by atoms with van der Waals surface area (Å²) in [6.07, 6.45) is 0. The molecule has 2 aromatic heterocycles. The number of carbonyl (C=O) groups excluding carboxylic acids is 1. The first-order chi connectivity index (χ1) is 16.7. The van der Waals surface area contributed by atoms with Crippen LogP contribution in [0.15, 0.2) is 52.1 Å². The van der Waals surface area contributed by atoms with Gasteiger partial charge in [0.15, 0.2) is 5.88 Å². The molecule has 0 fully saturated rings. The molecule has 2 heterocycles. The van der Waals surface area contributed by atoms with E-state index in [2.05, 4.69) is 4.85 Å².